The van der Waals surface area contributed by atoms with E-state index in [0.29, 0.717) is 5.92 Å². The van der Waals surface area contributed by atoms with Gasteiger partial charge < -0.3 is 11.1 Å². The van der Waals surface area contributed by atoms with Crippen LogP contribution in [0.5, 0.6) is 0 Å². The van der Waals surface area contributed by atoms with Crippen LogP contribution in [0.15, 0.2) is 4.99 Å². The van der Waals surface area contributed by atoms with Gasteiger partial charge in [0.2, 0.25) is 0 Å². The van der Waals surface area contributed by atoms with Crippen molar-refractivity contribution >= 4 is 18.5 Å². The lowest BCUT2D eigenvalue weighted by Gasteiger charge is -2.22. The standard InChI is InChI=1S/C9H19N3S/c1-2-8(13)12-9(10)7-3-5-11-6-4-7/h7-8,11,13H,2-6H2,1H3,(H2,10,12). The van der Waals surface area contributed by atoms with Gasteiger partial charge in [0, 0.05) is 5.92 Å². The molecule has 13 heavy (non-hydrogen) atoms. The number of thiol groups is 1. The molecule has 1 rings (SSSR count). The van der Waals surface area contributed by atoms with Crippen molar-refractivity contribution in [1.82, 2.24) is 5.32 Å². The Kier molecular flexibility index (Phi) is 4.59. The molecule has 0 amide bonds. The second-order valence-electron chi connectivity index (χ2n) is 3.47. The molecule has 4 heteroatoms. The minimum Gasteiger partial charge on any atom is -0.387 e. The van der Waals surface area contributed by atoms with Crippen LogP contribution in [-0.4, -0.2) is 24.3 Å². The maximum absolute atomic E-state index is 5.90. The van der Waals surface area contributed by atoms with Gasteiger partial charge >= 0.3 is 0 Å². The predicted octanol–water partition coefficient (Wildman–Crippen LogP) is 1.01. The summed E-state index contributed by atoms with van der Waals surface area (Å²) in [6.07, 6.45) is 3.16. The first-order valence-corrected chi connectivity index (χ1v) is 5.47. The number of nitrogens with zero attached hydrogens (tertiary/aromatic N) is 1. The van der Waals surface area contributed by atoms with Crippen LogP contribution in [0.1, 0.15) is 26.2 Å². The average Bonchev–Trinajstić information content (AvgIpc) is 2.19. The van der Waals surface area contributed by atoms with Crippen molar-refractivity contribution in [3.63, 3.8) is 0 Å². The van der Waals surface area contributed by atoms with Crippen LogP contribution in [0.2, 0.25) is 0 Å². The zero-order valence-electron chi connectivity index (χ0n) is 8.16. The minimum absolute atomic E-state index is 0.0786. The highest BCUT2D eigenvalue weighted by Crippen LogP contribution is 2.13. The molecule has 3 nitrogen and oxygen atoms in total. The van der Waals surface area contributed by atoms with Crippen LogP contribution in [0.4, 0.5) is 0 Å². The van der Waals surface area contributed by atoms with Gasteiger partial charge in [-0.2, -0.15) is 12.6 Å². The van der Waals surface area contributed by atoms with Crippen LogP contribution in [0, 0.1) is 5.92 Å². The molecule has 0 aromatic heterocycles. The zero-order chi connectivity index (χ0) is 9.68. The monoisotopic (exact) mass is 201 g/mol. The molecule has 1 aliphatic rings. The third kappa shape index (κ3) is 3.56. The van der Waals surface area contributed by atoms with Crippen LogP contribution < -0.4 is 11.1 Å². The molecule has 3 N–H and O–H groups in total. The first-order chi connectivity index (χ1) is 6.24. The van der Waals surface area contributed by atoms with Crippen molar-refractivity contribution in [3.05, 3.63) is 0 Å². The Morgan fingerprint density at radius 2 is 2.23 bits per heavy atom. The van der Waals surface area contributed by atoms with E-state index >= 15 is 0 Å². The molecule has 1 heterocycles. The maximum atomic E-state index is 5.90. The fourth-order valence-electron chi connectivity index (χ4n) is 1.49. The Balaban J connectivity index is 2.44. The van der Waals surface area contributed by atoms with Crippen molar-refractivity contribution < 1.29 is 0 Å². The Labute approximate surface area is 85.6 Å². The number of aliphatic imine (C=N–C) groups is 1. The number of nitrogens with two attached hydrogens (primary N) is 1. The summed E-state index contributed by atoms with van der Waals surface area (Å²) >= 11 is 4.31. The summed E-state index contributed by atoms with van der Waals surface area (Å²) < 4.78 is 0. The molecule has 1 saturated heterocycles. The van der Waals surface area contributed by atoms with E-state index in [-0.39, 0.29) is 5.37 Å². The van der Waals surface area contributed by atoms with E-state index in [1.165, 1.54) is 0 Å². The van der Waals surface area contributed by atoms with E-state index < -0.39 is 0 Å². The van der Waals surface area contributed by atoms with Crippen LogP contribution in [-0.2, 0) is 0 Å². The zero-order valence-corrected chi connectivity index (χ0v) is 9.06. The maximum Gasteiger partial charge on any atom is 0.0983 e. The normalized spacial score (nSPS) is 23.1. The first-order valence-electron chi connectivity index (χ1n) is 4.96. The minimum atomic E-state index is 0.0786. The lowest BCUT2D eigenvalue weighted by molar-refractivity contribution is 0.453. The van der Waals surface area contributed by atoms with Crippen molar-refractivity contribution in [1.29, 1.82) is 0 Å². The van der Waals surface area contributed by atoms with Gasteiger partial charge in [-0.15, -0.1) is 0 Å². The van der Waals surface area contributed by atoms with Crippen molar-refractivity contribution in [2.45, 2.75) is 31.6 Å². The average molecular weight is 201 g/mol. The molecule has 0 aromatic rings. The lowest BCUT2D eigenvalue weighted by Crippen LogP contribution is -2.35. The van der Waals surface area contributed by atoms with Crippen molar-refractivity contribution in [3.8, 4) is 0 Å². The predicted molar refractivity (Wildman–Crippen MR) is 60.3 cm³/mol. The molecule has 0 bridgehead atoms. The third-order valence-electron chi connectivity index (χ3n) is 2.42. The van der Waals surface area contributed by atoms with Gasteiger partial charge in [-0.1, -0.05) is 6.92 Å². The highest BCUT2D eigenvalue weighted by Gasteiger charge is 2.16. The highest BCUT2D eigenvalue weighted by molar-refractivity contribution is 7.80. The van der Waals surface area contributed by atoms with Gasteiger partial charge in [-0.25, -0.2) is 0 Å². The quantitative estimate of drug-likeness (QED) is 0.362. The summed E-state index contributed by atoms with van der Waals surface area (Å²) in [5.41, 5.74) is 5.90. The fraction of sp³-hybridized carbons (Fsp3) is 0.889. The SMILES string of the molecule is CCC(S)N=C(N)C1CCNCC1. The first kappa shape index (κ1) is 10.9. The van der Waals surface area contributed by atoms with E-state index in [4.69, 9.17) is 5.73 Å². The summed E-state index contributed by atoms with van der Waals surface area (Å²) in [5, 5.41) is 3.39. The fourth-order valence-corrected chi connectivity index (χ4v) is 1.62. The number of hydrogen-bond acceptors (Lipinski definition) is 3. The Bertz CT molecular complexity index is 176. The van der Waals surface area contributed by atoms with E-state index in [9.17, 15) is 0 Å². The second-order valence-corrected chi connectivity index (χ2v) is 4.06. The molecule has 0 aliphatic carbocycles. The molecule has 1 fully saturated rings. The van der Waals surface area contributed by atoms with Crippen LogP contribution >= 0.6 is 12.6 Å². The summed E-state index contributed by atoms with van der Waals surface area (Å²) in [6, 6.07) is 0. The summed E-state index contributed by atoms with van der Waals surface area (Å²) in [7, 11) is 0. The van der Waals surface area contributed by atoms with E-state index in [0.717, 1.165) is 38.2 Å². The second kappa shape index (κ2) is 5.50. The number of hydrogen-bond donors (Lipinski definition) is 3. The van der Waals surface area contributed by atoms with Gasteiger partial charge in [-0.3, -0.25) is 4.99 Å². The molecule has 0 spiro atoms. The molecule has 76 valence electrons. The molecule has 0 saturated carbocycles. The van der Waals surface area contributed by atoms with Crippen molar-refractivity contribution in [2.75, 3.05) is 13.1 Å². The van der Waals surface area contributed by atoms with E-state index in [1.54, 1.807) is 0 Å². The number of piperidine rings is 1. The number of amidine groups is 1. The number of rotatable bonds is 3. The highest BCUT2D eigenvalue weighted by atomic mass is 32.1. The number of nitrogens with one attached hydrogen (secondary N) is 1. The van der Waals surface area contributed by atoms with Gasteiger partial charge in [0.1, 0.15) is 0 Å². The topological polar surface area (TPSA) is 50.4 Å². The van der Waals surface area contributed by atoms with E-state index in [2.05, 4.69) is 29.9 Å². The van der Waals surface area contributed by atoms with Gasteiger partial charge in [0.25, 0.3) is 0 Å². The molecular formula is C9H19N3S. The molecule has 1 unspecified atom stereocenters. The Morgan fingerprint density at radius 3 is 2.77 bits per heavy atom. The summed E-state index contributed by atoms with van der Waals surface area (Å²) in [4.78, 5) is 4.35. The Hall–Kier alpha value is -0.220. The molecule has 0 aromatic carbocycles. The lowest BCUT2D eigenvalue weighted by atomic mass is 9.97. The van der Waals surface area contributed by atoms with Gasteiger partial charge in [-0.05, 0) is 32.4 Å². The smallest absolute Gasteiger partial charge is 0.0983 e. The summed E-state index contributed by atoms with van der Waals surface area (Å²) in [6.45, 7) is 4.19. The van der Waals surface area contributed by atoms with Gasteiger partial charge in [0.15, 0.2) is 0 Å². The van der Waals surface area contributed by atoms with Gasteiger partial charge in [0.05, 0.1) is 11.2 Å². The molecular weight excluding hydrogens is 182 g/mol. The van der Waals surface area contributed by atoms with Crippen LogP contribution in [0.3, 0.4) is 0 Å². The van der Waals surface area contributed by atoms with E-state index in [1.807, 2.05) is 0 Å². The third-order valence-corrected chi connectivity index (χ3v) is 2.90. The molecule has 1 aliphatic heterocycles. The molecule has 1 atom stereocenters. The largest absolute Gasteiger partial charge is 0.387 e. The van der Waals surface area contributed by atoms with Crippen LogP contribution in [0.25, 0.3) is 0 Å². The van der Waals surface area contributed by atoms with Crippen molar-refractivity contribution in [2.24, 2.45) is 16.6 Å². The summed E-state index contributed by atoms with van der Waals surface area (Å²) in [5.74, 6) is 1.27. The Morgan fingerprint density at radius 1 is 1.62 bits per heavy atom. The molecule has 0 radical (unpaired) electrons.